The number of carbonyl (C=O) groups excluding carboxylic acids is 2. The minimum Gasteiger partial charge on any atom is -0.495 e. The third kappa shape index (κ3) is 4.12. The summed E-state index contributed by atoms with van der Waals surface area (Å²) in [7, 11) is 1.54. The van der Waals surface area contributed by atoms with Crippen LogP contribution in [0.5, 0.6) is 5.75 Å². The number of likely N-dealkylation sites (tertiary alicyclic amines) is 1. The van der Waals surface area contributed by atoms with Gasteiger partial charge in [-0.2, -0.15) is 0 Å². The monoisotopic (exact) mass is 358 g/mol. The predicted molar refractivity (Wildman–Crippen MR) is 97.1 cm³/mol. The van der Waals surface area contributed by atoms with Crippen molar-refractivity contribution in [2.45, 2.75) is 19.4 Å². The molecule has 1 fully saturated rings. The van der Waals surface area contributed by atoms with Crippen molar-refractivity contribution in [1.29, 1.82) is 0 Å². The van der Waals surface area contributed by atoms with Gasteiger partial charge < -0.3 is 15.0 Å². The summed E-state index contributed by atoms with van der Waals surface area (Å²) in [4.78, 5) is 25.9. The van der Waals surface area contributed by atoms with E-state index in [1.54, 1.807) is 30.3 Å². The van der Waals surface area contributed by atoms with E-state index in [1.165, 1.54) is 7.11 Å². The maximum Gasteiger partial charge on any atom is 0.255 e. The van der Waals surface area contributed by atoms with E-state index in [-0.39, 0.29) is 11.8 Å². The van der Waals surface area contributed by atoms with E-state index in [0.29, 0.717) is 35.0 Å². The highest BCUT2D eigenvalue weighted by Crippen LogP contribution is 2.27. The number of nitrogens with one attached hydrogen (secondary N) is 1. The SMILES string of the molecule is COc1ccc(NC(=O)c2ccc(CN3CCCC3=O)cc2)cc1Cl. The molecule has 1 N–H and O–H groups in total. The highest BCUT2D eigenvalue weighted by molar-refractivity contribution is 6.32. The lowest BCUT2D eigenvalue weighted by atomic mass is 10.1. The van der Waals surface area contributed by atoms with Gasteiger partial charge in [0, 0.05) is 30.8 Å². The van der Waals surface area contributed by atoms with Gasteiger partial charge in [0.2, 0.25) is 5.91 Å². The van der Waals surface area contributed by atoms with Gasteiger partial charge in [0.05, 0.1) is 12.1 Å². The van der Waals surface area contributed by atoms with Crippen molar-refractivity contribution in [1.82, 2.24) is 4.90 Å². The molecule has 0 bridgehead atoms. The van der Waals surface area contributed by atoms with Crippen molar-refractivity contribution in [2.75, 3.05) is 19.0 Å². The fourth-order valence-corrected chi connectivity index (χ4v) is 3.06. The van der Waals surface area contributed by atoms with Crippen LogP contribution in [0.25, 0.3) is 0 Å². The van der Waals surface area contributed by atoms with Gasteiger partial charge in [-0.05, 0) is 42.3 Å². The van der Waals surface area contributed by atoms with Crippen LogP contribution in [0.4, 0.5) is 5.69 Å². The molecule has 0 aromatic heterocycles. The molecule has 2 aromatic carbocycles. The van der Waals surface area contributed by atoms with Crippen molar-refractivity contribution in [3.63, 3.8) is 0 Å². The summed E-state index contributed by atoms with van der Waals surface area (Å²) >= 11 is 6.06. The van der Waals surface area contributed by atoms with Crippen molar-refractivity contribution in [3.8, 4) is 5.75 Å². The number of hydrogen-bond acceptors (Lipinski definition) is 3. The summed E-state index contributed by atoms with van der Waals surface area (Å²) in [6.07, 6.45) is 1.55. The van der Waals surface area contributed by atoms with Crippen LogP contribution in [0.1, 0.15) is 28.8 Å². The quantitative estimate of drug-likeness (QED) is 0.886. The summed E-state index contributed by atoms with van der Waals surface area (Å²) in [6.45, 7) is 1.40. The number of carbonyl (C=O) groups is 2. The van der Waals surface area contributed by atoms with Gasteiger partial charge in [-0.15, -0.1) is 0 Å². The minimum atomic E-state index is -0.218. The Hall–Kier alpha value is -2.53. The van der Waals surface area contributed by atoms with Crippen molar-refractivity contribution >= 4 is 29.1 Å². The zero-order valence-corrected chi connectivity index (χ0v) is 14.7. The Labute approximate surface area is 151 Å². The zero-order valence-electron chi connectivity index (χ0n) is 13.9. The molecule has 0 unspecified atom stereocenters. The number of methoxy groups -OCH3 is 1. The van der Waals surface area contributed by atoms with E-state index in [4.69, 9.17) is 16.3 Å². The molecule has 1 aliphatic heterocycles. The fourth-order valence-electron chi connectivity index (χ4n) is 2.80. The predicted octanol–water partition coefficient (Wildman–Crippen LogP) is 3.72. The molecule has 2 amide bonds. The molecule has 0 atom stereocenters. The van der Waals surface area contributed by atoms with Crippen LogP contribution in [-0.4, -0.2) is 30.4 Å². The van der Waals surface area contributed by atoms with Crippen LogP contribution in [0, 0.1) is 0 Å². The van der Waals surface area contributed by atoms with Gasteiger partial charge in [0.15, 0.2) is 0 Å². The van der Waals surface area contributed by atoms with E-state index in [1.807, 2.05) is 17.0 Å². The van der Waals surface area contributed by atoms with Crippen LogP contribution in [0.15, 0.2) is 42.5 Å². The normalized spacial score (nSPS) is 13.8. The van der Waals surface area contributed by atoms with E-state index < -0.39 is 0 Å². The molecule has 5 nitrogen and oxygen atoms in total. The molecule has 6 heteroatoms. The Morgan fingerprint density at radius 1 is 1.24 bits per heavy atom. The Morgan fingerprint density at radius 3 is 2.60 bits per heavy atom. The van der Waals surface area contributed by atoms with Gasteiger partial charge in [-0.25, -0.2) is 0 Å². The highest BCUT2D eigenvalue weighted by atomic mass is 35.5. The Bertz CT molecular complexity index is 790. The van der Waals surface area contributed by atoms with E-state index in [0.717, 1.165) is 18.5 Å². The molecular weight excluding hydrogens is 340 g/mol. The first-order valence-corrected chi connectivity index (χ1v) is 8.46. The second-order valence-electron chi connectivity index (χ2n) is 5.92. The third-order valence-corrected chi connectivity index (χ3v) is 4.47. The standard InChI is InChI=1S/C19H19ClN2O3/c1-25-17-9-8-15(11-16(17)20)21-19(24)14-6-4-13(5-7-14)12-22-10-2-3-18(22)23/h4-9,11H,2-3,10,12H2,1H3,(H,21,24). The number of amides is 2. The first-order chi connectivity index (χ1) is 12.1. The first kappa shape index (κ1) is 17.3. The molecule has 3 rings (SSSR count). The van der Waals surface area contributed by atoms with Crippen LogP contribution in [0.2, 0.25) is 5.02 Å². The largest absolute Gasteiger partial charge is 0.495 e. The average Bonchev–Trinajstić information content (AvgIpc) is 3.00. The van der Waals surface area contributed by atoms with Crippen molar-refractivity contribution < 1.29 is 14.3 Å². The molecule has 130 valence electrons. The Balaban J connectivity index is 1.64. The Morgan fingerprint density at radius 2 is 2.00 bits per heavy atom. The zero-order chi connectivity index (χ0) is 17.8. The van der Waals surface area contributed by atoms with Gasteiger partial charge >= 0.3 is 0 Å². The van der Waals surface area contributed by atoms with Gasteiger partial charge in [0.1, 0.15) is 5.75 Å². The molecule has 25 heavy (non-hydrogen) atoms. The summed E-state index contributed by atoms with van der Waals surface area (Å²) in [5.74, 6) is 0.531. The lowest BCUT2D eigenvalue weighted by Crippen LogP contribution is -2.23. The van der Waals surface area contributed by atoms with E-state index in [2.05, 4.69) is 5.32 Å². The van der Waals surface area contributed by atoms with Gasteiger partial charge in [0.25, 0.3) is 5.91 Å². The Kier molecular flexibility index (Phi) is 5.24. The first-order valence-electron chi connectivity index (χ1n) is 8.08. The molecule has 0 spiro atoms. The molecule has 1 heterocycles. The number of ether oxygens (including phenoxy) is 1. The van der Waals surface area contributed by atoms with Crippen LogP contribution in [0.3, 0.4) is 0 Å². The minimum absolute atomic E-state index is 0.193. The molecule has 0 saturated carbocycles. The van der Waals surface area contributed by atoms with Crippen LogP contribution >= 0.6 is 11.6 Å². The van der Waals surface area contributed by atoms with Gasteiger partial charge in [-0.3, -0.25) is 9.59 Å². The average molecular weight is 359 g/mol. The van der Waals surface area contributed by atoms with E-state index in [9.17, 15) is 9.59 Å². The van der Waals surface area contributed by atoms with Crippen LogP contribution < -0.4 is 10.1 Å². The fraction of sp³-hybridized carbons (Fsp3) is 0.263. The molecular formula is C19H19ClN2O3. The molecule has 0 aliphatic carbocycles. The summed E-state index contributed by atoms with van der Waals surface area (Å²) in [6, 6.07) is 12.4. The highest BCUT2D eigenvalue weighted by Gasteiger charge is 2.20. The van der Waals surface area contributed by atoms with Crippen molar-refractivity contribution in [2.24, 2.45) is 0 Å². The lowest BCUT2D eigenvalue weighted by Gasteiger charge is -2.15. The molecule has 0 radical (unpaired) electrons. The third-order valence-electron chi connectivity index (χ3n) is 4.17. The van der Waals surface area contributed by atoms with Crippen LogP contribution in [-0.2, 0) is 11.3 Å². The van der Waals surface area contributed by atoms with Crippen molar-refractivity contribution in [3.05, 3.63) is 58.6 Å². The maximum absolute atomic E-state index is 12.3. The topological polar surface area (TPSA) is 58.6 Å². The number of rotatable bonds is 5. The number of benzene rings is 2. The smallest absolute Gasteiger partial charge is 0.255 e. The van der Waals surface area contributed by atoms with E-state index >= 15 is 0 Å². The molecule has 2 aromatic rings. The summed E-state index contributed by atoms with van der Waals surface area (Å²) in [5, 5.41) is 3.24. The second kappa shape index (κ2) is 7.57. The number of anilines is 1. The maximum atomic E-state index is 12.3. The summed E-state index contributed by atoms with van der Waals surface area (Å²) in [5.41, 5.74) is 2.16. The molecule has 1 aliphatic rings. The summed E-state index contributed by atoms with van der Waals surface area (Å²) < 4.78 is 5.09. The van der Waals surface area contributed by atoms with Gasteiger partial charge in [-0.1, -0.05) is 23.7 Å². The second-order valence-corrected chi connectivity index (χ2v) is 6.33. The number of hydrogen-bond donors (Lipinski definition) is 1. The number of halogens is 1. The molecule has 1 saturated heterocycles. The number of nitrogens with zero attached hydrogens (tertiary/aromatic N) is 1. The lowest BCUT2D eigenvalue weighted by molar-refractivity contribution is -0.128.